The van der Waals surface area contributed by atoms with Crippen LogP contribution in [0.3, 0.4) is 0 Å². The zero-order valence-corrected chi connectivity index (χ0v) is 22.7. The van der Waals surface area contributed by atoms with Gasteiger partial charge in [-0.1, -0.05) is 30.3 Å². The van der Waals surface area contributed by atoms with Gasteiger partial charge >= 0.3 is 0 Å². The van der Waals surface area contributed by atoms with Gasteiger partial charge in [-0.3, -0.25) is 9.59 Å². The molecule has 1 fully saturated rings. The van der Waals surface area contributed by atoms with E-state index in [1.54, 1.807) is 42.5 Å². The van der Waals surface area contributed by atoms with Crippen LogP contribution in [0.1, 0.15) is 33.6 Å². The van der Waals surface area contributed by atoms with Gasteiger partial charge in [0.25, 0.3) is 11.8 Å². The number of para-hydroxylation sites is 2. The highest BCUT2D eigenvalue weighted by atomic mass is 79.9. The molecule has 0 spiro atoms. The number of hydrogen-bond donors (Lipinski definition) is 3. The van der Waals surface area contributed by atoms with Crippen LogP contribution in [0.5, 0.6) is 5.75 Å². The van der Waals surface area contributed by atoms with Crippen LogP contribution >= 0.6 is 15.9 Å². The lowest BCUT2D eigenvalue weighted by molar-refractivity contribution is 0.0677. The molecule has 0 saturated carbocycles. The number of halogens is 1. The number of carbonyl (C=O) groups excluding carboxylic acids is 2. The molecule has 1 saturated heterocycles. The van der Waals surface area contributed by atoms with Crippen molar-refractivity contribution in [3.8, 4) is 5.75 Å². The summed E-state index contributed by atoms with van der Waals surface area (Å²) in [6.45, 7) is 1.24. The smallest absolute Gasteiger partial charge is 0.257 e. The summed E-state index contributed by atoms with van der Waals surface area (Å²) in [6.07, 6.45) is 2.14. The molecule has 1 aliphatic rings. The lowest BCUT2D eigenvalue weighted by Gasteiger charge is -2.14. The number of carbonyl (C=O) groups is 2. The lowest BCUT2D eigenvalue weighted by atomic mass is 10.1. The van der Waals surface area contributed by atoms with Crippen molar-refractivity contribution in [1.82, 2.24) is 0 Å². The SMILES string of the molecule is O=C(Nc1ccccc1C(=O)Nc1ccc(Nc2ccccc2)cc1)c1ccc(OCC2CCCO2)c(Br)c1. The molecule has 1 aliphatic heterocycles. The zero-order chi connectivity index (χ0) is 27.0. The van der Waals surface area contributed by atoms with Crippen LogP contribution in [0, 0.1) is 0 Å². The van der Waals surface area contributed by atoms with E-state index in [1.165, 1.54) is 0 Å². The van der Waals surface area contributed by atoms with E-state index < -0.39 is 0 Å². The minimum absolute atomic E-state index is 0.103. The van der Waals surface area contributed by atoms with Crippen molar-refractivity contribution in [1.29, 1.82) is 0 Å². The molecule has 0 aromatic heterocycles. The highest BCUT2D eigenvalue weighted by Crippen LogP contribution is 2.28. The van der Waals surface area contributed by atoms with Crippen LogP contribution in [0.2, 0.25) is 0 Å². The number of benzene rings is 4. The molecule has 0 aliphatic carbocycles. The maximum absolute atomic E-state index is 13.1. The maximum atomic E-state index is 13.1. The summed E-state index contributed by atoms with van der Waals surface area (Å²) in [7, 11) is 0. The lowest BCUT2D eigenvalue weighted by Crippen LogP contribution is -2.18. The van der Waals surface area contributed by atoms with Gasteiger partial charge in [0.2, 0.25) is 0 Å². The second-order valence-electron chi connectivity index (χ2n) is 9.11. The topological polar surface area (TPSA) is 88.7 Å². The number of ether oxygens (including phenoxy) is 2. The summed E-state index contributed by atoms with van der Waals surface area (Å²) < 4.78 is 12.1. The Bertz CT molecular complexity index is 1440. The fraction of sp³-hybridized carbons (Fsp3) is 0.161. The molecule has 7 nitrogen and oxygen atoms in total. The molecular formula is C31H28BrN3O4. The third-order valence-electron chi connectivity index (χ3n) is 6.27. The number of rotatable bonds is 9. The summed E-state index contributed by atoms with van der Waals surface area (Å²) in [5.74, 6) is -0.0153. The first-order valence-corrected chi connectivity index (χ1v) is 13.5. The van der Waals surface area contributed by atoms with Gasteiger partial charge < -0.3 is 25.4 Å². The highest BCUT2D eigenvalue weighted by molar-refractivity contribution is 9.10. The first-order valence-electron chi connectivity index (χ1n) is 12.7. The zero-order valence-electron chi connectivity index (χ0n) is 21.2. The van der Waals surface area contributed by atoms with E-state index in [9.17, 15) is 9.59 Å². The van der Waals surface area contributed by atoms with E-state index >= 15 is 0 Å². The fourth-order valence-corrected chi connectivity index (χ4v) is 4.72. The fourth-order valence-electron chi connectivity index (χ4n) is 4.23. The van der Waals surface area contributed by atoms with Gasteiger partial charge in [0.15, 0.2) is 0 Å². The summed E-state index contributed by atoms with van der Waals surface area (Å²) >= 11 is 3.49. The van der Waals surface area contributed by atoms with Gasteiger partial charge in [0.1, 0.15) is 12.4 Å². The van der Waals surface area contributed by atoms with Gasteiger partial charge in [-0.2, -0.15) is 0 Å². The summed E-state index contributed by atoms with van der Waals surface area (Å²) in [5, 5.41) is 9.08. The maximum Gasteiger partial charge on any atom is 0.257 e. The molecule has 2 amide bonds. The average Bonchev–Trinajstić information content (AvgIpc) is 3.48. The Labute approximate surface area is 235 Å². The molecule has 1 atom stereocenters. The number of amides is 2. The predicted molar refractivity (Wildman–Crippen MR) is 157 cm³/mol. The van der Waals surface area contributed by atoms with Crippen molar-refractivity contribution in [2.45, 2.75) is 18.9 Å². The van der Waals surface area contributed by atoms with E-state index in [0.717, 1.165) is 30.8 Å². The molecule has 198 valence electrons. The Balaban J connectivity index is 1.21. The first kappa shape index (κ1) is 26.5. The molecule has 4 aromatic carbocycles. The Kier molecular flexibility index (Phi) is 8.55. The van der Waals surface area contributed by atoms with Crippen LogP contribution in [0.15, 0.2) is 102 Å². The summed E-state index contributed by atoms with van der Waals surface area (Å²) in [5.41, 5.74) is 3.73. The third-order valence-corrected chi connectivity index (χ3v) is 6.89. The number of anilines is 4. The van der Waals surface area contributed by atoms with E-state index in [4.69, 9.17) is 9.47 Å². The molecule has 39 heavy (non-hydrogen) atoms. The Morgan fingerprint density at radius 3 is 2.28 bits per heavy atom. The third kappa shape index (κ3) is 7.04. The van der Waals surface area contributed by atoms with Crippen LogP contribution in [0.4, 0.5) is 22.7 Å². The molecule has 5 rings (SSSR count). The molecular weight excluding hydrogens is 558 g/mol. The predicted octanol–water partition coefficient (Wildman–Crippen LogP) is 7.26. The van der Waals surface area contributed by atoms with Crippen LogP contribution in [-0.4, -0.2) is 31.1 Å². The molecule has 8 heteroatoms. The quantitative estimate of drug-likeness (QED) is 0.192. The standard InChI is InChI=1S/C31H28BrN3O4/c32-27-19-21(12-17-29(27)39-20-25-9-6-18-38-25)30(36)35-28-11-5-4-10-26(28)31(37)34-24-15-13-23(14-16-24)33-22-7-2-1-3-8-22/h1-5,7-8,10-17,19,25,33H,6,9,18,20H2,(H,34,37)(H,35,36). The molecule has 0 radical (unpaired) electrons. The minimum atomic E-state index is -0.335. The molecule has 4 aromatic rings. The Morgan fingerprint density at radius 1 is 0.821 bits per heavy atom. The molecule has 3 N–H and O–H groups in total. The second-order valence-corrected chi connectivity index (χ2v) is 9.97. The van der Waals surface area contributed by atoms with Crippen molar-refractivity contribution < 1.29 is 19.1 Å². The largest absolute Gasteiger partial charge is 0.490 e. The summed E-state index contributed by atoms with van der Waals surface area (Å²) in [4.78, 5) is 26.1. The number of nitrogens with one attached hydrogen (secondary N) is 3. The number of hydrogen-bond acceptors (Lipinski definition) is 5. The van der Waals surface area contributed by atoms with E-state index in [-0.39, 0.29) is 17.9 Å². The van der Waals surface area contributed by atoms with Gasteiger partial charge in [0.05, 0.1) is 21.8 Å². The normalized spacial score (nSPS) is 14.4. The summed E-state index contributed by atoms with van der Waals surface area (Å²) in [6, 6.07) is 29.3. The van der Waals surface area contributed by atoms with Crippen molar-refractivity contribution in [3.63, 3.8) is 0 Å². The molecule has 1 heterocycles. The van der Waals surface area contributed by atoms with E-state index in [2.05, 4.69) is 31.9 Å². The van der Waals surface area contributed by atoms with E-state index in [0.29, 0.717) is 39.3 Å². The molecule has 0 bridgehead atoms. The first-order chi connectivity index (χ1) is 19.0. The van der Waals surface area contributed by atoms with E-state index in [1.807, 2.05) is 54.6 Å². The van der Waals surface area contributed by atoms with Gasteiger partial charge in [-0.05, 0) is 95.5 Å². The highest BCUT2D eigenvalue weighted by Gasteiger charge is 2.18. The van der Waals surface area contributed by atoms with Crippen LogP contribution < -0.4 is 20.7 Å². The minimum Gasteiger partial charge on any atom is -0.490 e. The average molecular weight is 586 g/mol. The second kappa shape index (κ2) is 12.6. The van der Waals surface area contributed by atoms with Gasteiger partial charge in [0, 0.05) is 29.2 Å². The van der Waals surface area contributed by atoms with Crippen LogP contribution in [0.25, 0.3) is 0 Å². The van der Waals surface area contributed by atoms with Crippen molar-refractivity contribution in [2.75, 3.05) is 29.2 Å². The monoisotopic (exact) mass is 585 g/mol. The van der Waals surface area contributed by atoms with Crippen molar-refractivity contribution in [3.05, 3.63) is 113 Å². The molecule has 1 unspecified atom stereocenters. The van der Waals surface area contributed by atoms with Gasteiger partial charge in [-0.25, -0.2) is 0 Å². The van der Waals surface area contributed by atoms with Crippen molar-refractivity contribution in [2.24, 2.45) is 0 Å². The Morgan fingerprint density at radius 2 is 1.54 bits per heavy atom. The van der Waals surface area contributed by atoms with Crippen LogP contribution in [-0.2, 0) is 4.74 Å². The van der Waals surface area contributed by atoms with Crippen molar-refractivity contribution >= 4 is 50.5 Å². The van der Waals surface area contributed by atoms with Gasteiger partial charge in [-0.15, -0.1) is 0 Å². The Hall–Kier alpha value is -4.14.